The summed E-state index contributed by atoms with van der Waals surface area (Å²) < 4.78 is 12.8. The summed E-state index contributed by atoms with van der Waals surface area (Å²) in [7, 11) is -0.251. The van der Waals surface area contributed by atoms with Gasteiger partial charge in [0.25, 0.3) is 0 Å². The van der Waals surface area contributed by atoms with Crippen molar-refractivity contribution in [3.8, 4) is 0 Å². The maximum Gasteiger partial charge on any atom is 0.459 e. The monoisotopic (exact) mass is 427 g/mol. The van der Waals surface area contributed by atoms with Crippen molar-refractivity contribution in [3.05, 3.63) is 108 Å². The lowest BCUT2D eigenvalue weighted by molar-refractivity contribution is 0.00578. The highest BCUT2D eigenvalue weighted by atomic mass is 16.7. The zero-order valence-electron chi connectivity index (χ0n) is 19.7. The molecule has 0 bridgehead atoms. The van der Waals surface area contributed by atoms with Crippen molar-refractivity contribution >= 4 is 7.12 Å². The minimum absolute atomic E-state index is 0.159. The molecule has 3 aromatic rings. The molecule has 3 aromatic carbocycles. The first-order valence-electron chi connectivity index (χ1n) is 11.6. The number of nitrogens with zero attached hydrogens (tertiary/aromatic N) is 1. The minimum Gasteiger partial charge on any atom is -0.403 e. The van der Waals surface area contributed by atoms with E-state index in [-0.39, 0.29) is 24.4 Å². The van der Waals surface area contributed by atoms with E-state index in [9.17, 15) is 0 Å². The lowest BCUT2D eigenvalue weighted by Crippen LogP contribution is -2.41. The molecule has 0 aromatic heterocycles. The maximum atomic E-state index is 6.42. The quantitative estimate of drug-likeness (QED) is 0.382. The Balaban J connectivity index is 1.66. The molecule has 0 saturated carbocycles. The van der Waals surface area contributed by atoms with E-state index >= 15 is 0 Å². The summed E-state index contributed by atoms with van der Waals surface area (Å²) in [6.45, 7) is 10.2. The van der Waals surface area contributed by atoms with E-state index in [1.54, 1.807) is 0 Å². The van der Waals surface area contributed by atoms with Crippen LogP contribution in [0.2, 0.25) is 6.32 Å². The van der Waals surface area contributed by atoms with E-state index in [0.29, 0.717) is 0 Å². The molecule has 1 aliphatic rings. The van der Waals surface area contributed by atoms with Gasteiger partial charge >= 0.3 is 7.12 Å². The van der Waals surface area contributed by atoms with Crippen LogP contribution in [-0.4, -0.2) is 23.2 Å². The third kappa shape index (κ3) is 5.32. The molecule has 1 aliphatic heterocycles. The lowest BCUT2D eigenvalue weighted by atomic mass is 9.77. The van der Waals surface area contributed by atoms with Crippen LogP contribution >= 0.6 is 0 Å². The molecule has 166 valence electrons. The highest BCUT2D eigenvalue weighted by Crippen LogP contribution is 2.41. The Morgan fingerprint density at radius 2 is 1.06 bits per heavy atom. The Morgan fingerprint density at radius 3 is 1.50 bits per heavy atom. The molecular weight excluding hydrogens is 393 g/mol. The van der Waals surface area contributed by atoms with Gasteiger partial charge in [-0.3, -0.25) is 4.90 Å². The number of hydrogen-bond donors (Lipinski definition) is 0. The molecule has 0 amide bonds. The third-order valence-electron chi connectivity index (χ3n) is 6.80. The Bertz CT molecular complexity index is 919. The standard InChI is InChI=1S/C28H34BNO2/c1-27(2)28(3,4)32-29(31-27)20-26(25-18-12-7-13-19-25)30(21-23-14-8-5-9-15-23)22-24-16-10-6-11-17-24/h5-19,26H,20-22H2,1-4H3/t26-/m0/s1. The first-order valence-corrected chi connectivity index (χ1v) is 11.6. The summed E-state index contributed by atoms with van der Waals surface area (Å²) >= 11 is 0. The smallest absolute Gasteiger partial charge is 0.403 e. The van der Waals surface area contributed by atoms with Crippen LogP contribution in [0.25, 0.3) is 0 Å². The van der Waals surface area contributed by atoms with Gasteiger partial charge in [0, 0.05) is 25.5 Å². The van der Waals surface area contributed by atoms with Crippen LogP contribution in [0.1, 0.15) is 50.4 Å². The van der Waals surface area contributed by atoms with Crippen LogP contribution in [0.3, 0.4) is 0 Å². The van der Waals surface area contributed by atoms with Gasteiger partial charge in [0.1, 0.15) is 0 Å². The van der Waals surface area contributed by atoms with Crippen LogP contribution in [-0.2, 0) is 22.4 Å². The highest BCUT2D eigenvalue weighted by molar-refractivity contribution is 6.45. The fraction of sp³-hybridized carbons (Fsp3) is 0.357. The van der Waals surface area contributed by atoms with Crippen LogP contribution < -0.4 is 0 Å². The molecule has 1 atom stereocenters. The molecule has 3 nitrogen and oxygen atoms in total. The summed E-state index contributed by atoms with van der Waals surface area (Å²) in [5.74, 6) is 0. The van der Waals surface area contributed by atoms with E-state index in [4.69, 9.17) is 9.31 Å². The zero-order chi connectivity index (χ0) is 22.6. The highest BCUT2D eigenvalue weighted by Gasteiger charge is 2.51. The van der Waals surface area contributed by atoms with Crippen LogP contribution in [0.4, 0.5) is 0 Å². The van der Waals surface area contributed by atoms with Crippen molar-refractivity contribution < 1.29 is 9.31 Å². The molecule has 1 fully saturated rings. The molecule has 0 unspecified atom stereocenters. The van der Waals surface area contributed by atoms with Crippen molar-refractivity contribution in [2.75, 3.05) is 0 Å². The van der Waals surface area contributed by atoms with Crippen molar-refractivity contribution in [2.24, 2.45) is 0 Å². The average Bonchev–Trinajstić information content (AvgIpc) is 2.99. The van der Waals surface area contributed by atoms with Gasteiger partial charge < -0.3 is 9.31 Å². The van der Waals surface area contributed by atoms with Crippen molar-refractivity contribution in [2.45, 2.75) is 64.3 Å². The van der Waals surface area contributed by atoms with Gasteiger partial charge in [-0.05, 0) is 44.4 Å². The van der Waals surface area contributed by atoms with Gasteiger partial charge in [0.2, 0.25) is 0 Å². The molecule has 0 radical (unpaired) electrons. The van der Waals surface area contributed by atoms with E-state index in [2.05, 4.69) is 124 Å². The fourth-order valence-electron chi connectivity index (χ4n) is 4.33. The van der Waals surface area contributed by atoms with Crippen molar-refractivity contribution in [1.29, 1.82) is 0 Å². The number of hydrogen-bond acceptors (Lipinski definition) is 3. The molecule has 1 saturated heterocycles. The lowest BCUT2D eigenvalue weighted by Gasteiger charge is -2.33. The molecule has 4 heteroatoms. The van der Waals surface area contributed by atoms with Crippen LogP contribution in [0.15, 0.2) is 91.0 Å². The largest absolute Gasteiger partial charge is 0.459 e. The second-order valence-corrected chi connectivity index (χ2v) is 9.72. The number of rotatable bonds is 8. The topological polar surface area (TPSA) is 21.7 Å². The van der Waals surface area contributed by atoms with Gasteiger partial charge in [0.05, 0.1) is 11.2 Å². The SMILES string of the molecule is CC1(C)OB(C[C@@H](c2ccccc2)N(Cc2ccccc2)Cc2ccccc2)OC1(C)C. The van der Waals surface area contributed by atoms with Crippen LogP contribution in [0.5, 0.6) is 0 Å². The van der Waals surface area contributed by atoms with Crippen LogP contribution in [0, 0.1) is 0 Å². The molecule has 0 aliphatic carbocycles. The van der Waals surface area contributed by atoms with E-state index in [1.165, 1.54) is 16.7 Å². The van der Waals surface area contributed by atoms with Crippen molar-refractivity contribution in [1.82, 2.24) is 4.90 Å². The Kier molecular flexibility index (Phi) is 6.85. The Labute approximate surface area is 193 Å². The summed E-state index contributed by atoms with van der Waals surface area (Å²) in [5, 5.41) is 0. The third-order valence-corrected chi connectivity index (χ3v) is 6.80. The molecular formula is C28H34BNO2. The van der Waals surface area contributed by atoms with E-state index in [0.717, 1.165) is 19.4 Å². The zero-order valence-corrected chi connectivity index (χ0v) is 19.7. The first-order chi connectivity index (χ1) is 15.3. The van der Waals surface area contributed by atoms with Gasteiger partial charge in [-0.25, -0.2) is 0 Å². The maximum absolute atomic E-state index is 6.42. The predicted molar refractivity (Wildman–Crippen MR) is 132 cm³/mol. The van der Waals surface area contributed by atoms with Gasteiger partial charge in [0.15, 0.2) is 0 Å². The van der Waals surface area contributed by atoms with Crippen molar-refractivity contribution in [3.63, 3.8) is 0 Å². The predicted octanol–water partition coefficient (Wildman–Crippen LogP) is 6.52. The summed E-state index contributed by atoms with van der Waals surface area (Å²) in [6, 6.07) is 32.3. The Morgan fingerprint density at radius 1 is 0.656 bits per heavy atom. The minimum atomic E-state index is -0.331. The summed E-state index contributed by atoms with van der Waals surface area (Å²) in [5.41, 5.74) is 3.23. The fourth-order valence-corrected chi connectivity index (χ4v) is 4.33. The van der Waals surface area contributed by atoms with E-state index < -0.39 is 0 Å². The van der Waals surface area contributed by atoms with Gasteiger partial charge in [-0.2, -0.15) is 0 Å². The summed E-state index contributed by atoms with van der Waals surface area (Å²) in [4.78, 5) is 2.55. The molecule has 0 N–H and O–H groups in total. The second kappa shape index (κ2) is 9.62. The molecule has 0 spiro atoms. The molecule has 1 heterocycles. The Hall–Kier alpha value is -2.40. The second-order valence-electron chi connectivity index (χ2n) is 9.72. The molecule has 4 rings (SSSR count). The van der Waals surface area contributed by atoms with E-state index in [1.807, 2.05) is 0 Å². The van der Waals surface area contributed by atoms with Gasteiger partial charge in [-0.1, -0.05) is 91.0 Å². The first kappa shape index (κ1) is 22.8. The molecule has 32 heavy (non-hydrogen) atoms. The average molecular weight is 427 g/mol. The van der Waals surface area contributed by atoms with Gasteiger partial charge in [-0.15, -0.1) is 0 Å². The normalized spacial score (nSPS) is 18.1. The number of benzene rings is 3. The summed E-state index contributed by atoms with van der Waals surface area (Å²) in [6.07, 6.45) is 0.774.